The molecule has 4 nitrogen and oxygen atoms in total. The average Bonchev–Trinajstić information content (AvgIpc) is 2.40. The molecule has 0 atom stereocenters. The second-order valence-corrected chi connectivity index (χ2v) is 5.82. The highest BCUT2D eigenvalue weighted by Crippen LogP contribution is 2.27. The summed E-state index contributed by atoms with van der Waals surface area (Å²) in [5.74, 6) is 6.15. The Morgan fingerprint density at radius 3 is 2.45 bits per heavy atom. The van der Waals surface area contributed by atoms with Crippen molar-refractivity contribution in [3.8, 4) is 11.4 Å². The molecule has 3 N–H and O–H groups in total. The van der Waals surface area contributed by atoms with Gasteiger partial charge in [0, 0.05) is 17.0 Å². The highest BCUT2D eigenvalue weighted by atomic mass is 19.1. The molecular weight excluding hydrogens is 255 g/mol. The van der Waals surface area contributed by atoms with Gasteiger partial charge in [-0.25, -0.2) is 20.2 Å². The van der Waals surface area contributed by atoms with Gasteiger partial charge in [0.25, 0.3) is 0 Å². The maximum Gasteiger partial charge on any atom is 0.162 e. The third kappa shape index (κ3) is 2.93. The fraction of sp³-hybridized carbons (Fsp3) is 0.333. The number of halogens is 1. The van der Waals surface area contributed by atoms with Crippen LogP contribution in [0.25, 0.3) is 11.4 Å². The van der Waals surface area contributed by atoms with Gasteiger partial charge in [0.2, 0.25) is 0 Å². The molecule has 0 aliphatic rings. The molecule has 0 amide bonds. The SMILES string of the molecule is Cc1ccc(F)cc1-c1nc(NN)cc(C(C)(C)C)n1. The summed E-state index contributed by atoms with van der Waals surface area (Å²) in [6, 6.07) is 6.39. The Bertz CT molecular complexity index is 632. The number of hydrogen-bond acceptors (Lipinski definition) is 4. The maximum atomic E-state index is 13.5. The highest BCUT2D eigenvalue weighted by molar-refractivity contribution is 5.62. The summed E-state index contributed by atoms with van der Waals surface area (Å²) in [5, 5.41) is 0. The van der Waals surface area contributed by atoms with E-state index in [0.29, 0.717) is 17.2 Å². The van der Waals surface area contributed by atoms with Gasteiger partial charge in [0.05, 0.1) is 5.69 Å². The van der Waals surface area contributed by atoms with Crippen molar-refractivity contribution in [2.75, 3.05) is 5.43 Å². The Labute approximate surface area is 118 Å². The number of nitrogens with one attached hydrogen (secondary N) is 1. The van der Waals surface area contributed by atoms with Crippen molar-refractivity contribution in [2.45, 2.75) is 33.1 Å². The van der Waals surface area contributed by atoms with Crippen molar-refractivity contribution in [1.29, 1.82) is 0 Å². The highest BCUT2D eigenvalue weighted by Gasteiger charge is 2.19. The zero-order valence-corrected chi connectivity index (χ0v) is 12.2. The van der Waals surface area contributed by atoms with Crippen molar-refractivity contribution in [1.82, 2.24) is 9.97 Å². The molecule has 5 heteroatoms. The summed E-state index contributed by atoms with van der Waals surface area (Å²) in [7, 11) is 0. The zero-order chi connectivity index (χ0) is 14.9. The molecule has 1 heterocycles. The van der Waals surface area contributed by atoms with Gasteiger partial charge in [-0.05, 0) is 24.6 Å². The first kappa shape index (κ1) is 14.4. The number of hydrazine groups is 1. The Kier molecular flexibility index (Phi) is 3.72. The first-order chi connectivity index (χ1) is 9.31. The van der Waals surface area contributed by atoms with Crippen LogP contribution >= 0.6 is 0 Å². The van der Waals surface area contributed by atoms with Crippen LogP contribution in [0.1, 0.15) is 32.0 Å². The molecule has 2 rings (SSSR count). The minimum Gasteiger partial charge on any atom is -0.308 e. The van der Waals surface area contributed by atoms with Crippen LogP contribution in [0.2, 0.25) is 0 Å². The molecule has 20 heavy (non-hydrogen) atoms. The van der Waals surface area contributed by atoms with Crippen molar-refractivity contribution in [3.63, 3.8) is 0 Å². The molecule has 0 aliphatic carbocycles. The van der Waals surface area contributed by atoms with E-state index in [2.05, 4.69) is 36.2 Å². The fourth-order valence-corrected chi connectivity index (χ4v) is 1.86. The standard InChI is InChI=1S/C15H19FN4/c1-9-5-6-10(16)7-11(9)14-18-12(15(2,3)4)8-13(19-14)20-17/h5-8H,17H2,1-4H3,(H,18,19,20). The van der Waals surface area contributed by atoms with E-state index in [1.54, 1.807) is 12.1 Å². The van der Waals surface area contributed by atoms with Crippen LogP contribution in [0, 0.1) is 12.7 Å². The molecule has 1 aromatic carbocycles. The Balaban J connectivity index is 2.64. The lowest BCUT2D eigenvalue weighted by molar-refractivity contribution is 0.568. The molecule has 0 bridgehead atoms. The van der Waals surface area contributed by atoms with Crippen LogP contribution < -0.4 is 11.3 Å². The van der Waals surface area contributed by atoms with Gasteiger partial charge in [0.15, 0.2) is 5.82 Å². The summed E-state index contributed by atoms with van der Waals surface area (Å²) < 4.78 is 13.5. The monoisotopic (exact) mass is 274 g/mol. The van der Waals surface area contributed by atoms with E-state index < -0.39 is 0 Å². The van der Waals surface area contributed by atoms with Crippen LogP contribution in [0.4, 0.5) is 10.2 Å². The van der Waals surface area contributed by atoms with Crippen LogP contribution in [-0.2, 0) is 5.41 Å². The minimum absolute atomic E-state index is 0.148. The summed E-state index contributed by atoms with van der Waals surface area (Å²) in [4.78, 5) is 8.88. The second kappa shape index (κ2) is 5.17. The predicted molar refractivity (Wildman–Crippen MR) is 78.7 cm³/mol. The smallest absolute Gasteiger partial charge is 0.162 e. The van der Waals surface area contributed by atoms with Gasteiger partial charge in [-0.15, -0.1) is 0 Å². The number of rotatable bonds is 2. The van der Waals surface area contributed by atoms with Crippen LogP contribution in [-0.4, -0.2) is 9.97 Å². The van der Waals surface area contributed by atoms with Crippen LogP contribution in [0.3, 0.4) is 0 Å². The molecule has 0 fully saturated rings. The minimum atomic E-state index is -0.308. The molecule has 0 saturated carbocycles. The Morgan fingerprint density at radius 1 is 1.15 bits per heavy atom. The van der Waals surface area contributed by atoms with Crippen molar-refractivity contribution < 1.29 is 4.39 Å². The first-order valence-electron chi connectivity index (χ1n) is 6.44. The van der Waals surface area contributed by atoms with Gasteiger partial charge in [-0.2, -0.15) is 0 Å². The number of benzene rings is 1. The Hall–Kier alpha value is -2.01. The first-order valence-corrected chi connectivity index (χ1v) is 6.44. The molecule has 0 unspecified atom stereocenters. The molecule has 1 aromatic heterocycles. The Morgan fingerprint density at radius 2 is 1.85 bits per heavy atom. The van der Waals surface area contributed by atoms with E-state index >= 15 is 0 Å². The summed E-state index contributed by atoms with van der Waals surface area (Å²) in [6.07, 6.45) is 0. The van der Waals surface area contributed by atoms with Gasteiger partial charge in [0.1, 0.15) is 11.6 Å². The lowest BCUT2D eigenvalue weighted by Crippen LogP contribution is -2.17. The third-order valence-electron chi connectivity index (χ3n) is 3.08. The summed E-state index contributed by atoms with van der Waals surface area (Å²) in [6.45, 7) is 8.06. The third-order valence-corrected chi connectivity index (χ3v) is 3.08. The van der Waals surface area contributed by atoms with Gasteiger partial charge < -0.3 is 5.43 Å². The lowest BCUT2D eigenvalue weighted by atomic mass is 9.91. The average molecular weight is 274 g/mol. The van der Waals surface area contributed by atoms with Crippen LogP contribution in [0.15, 0.2) is 24.3 Å². The van der Waals surface area contributed by atoms with E-state index in [-0.39, 0.29) is 11.2 Å². The summed E-state index contributed by atoms with van der Waals surface area (Å²) >= 11 is 0. The van der Waals surface area contributed by atoms with Crippen molar-refractivity contribution in [2.24, 2.45) is 5.84 Å². The lowest BCUT2D eigenvalue weighted by Gasteiger charge is -2.19. The number of nitrogen functional groups attached to an aromatic ring is 1. The molecule has 2 aromatic rings. The molecule has 0 radical (unpaired) electrons. The van der Waals surface area contributed by atoms with E-state index in [9.17, 15) is 4.39 Å². The van der Waals surface area contributed by atoms with Crippen molar-refractivity contribution >= 4 is 5.82 Å². The normalized spacial score (nSPS) is 11.5. The van der Waals surface area contributed by atoms with E-state index in [1.807, 2.05) is 6.92 Å². The number of hydrogen-bond donors (Lipinski definition) is 2. The quantitative estimate of drug-likeness (QED) is 0.652. The van der Waals surface area contributed by atoms with E-state index in [1.165, 1.54) is 12.1 Å². The van der Waals surface area contributed by atoms with Gasteiger partial charge >= 0.3 is 0 Å². The zero-order valence-electron chi connectivity index (χ0n) is 12.2. The summed E-state index contributed by atoms with van der Waals surface area (Å²) in [5.41, 5.74) is 4.83. The molecule has 0 aliphatic heterocycles. The number of anilines is 1. The predicted octanol–water partition coefficient (Wildman–Crippen LogP) is 3.17. The molecule has 106 valence electrons. The largest absolute Gasteiger partial charge is 0.308 e. The number of nitrogens with two attached hydrogens (primary N) is 1. The number of nitrogens with zero attached hydrogens (tertiary/aromatic N) is 2. The molecule has 0 saturated heterocycles. The second-order valence-electron chi connectivity index (χ2n) is 5.82. The topological polar surface area (TPSA) is 63.8 Å². The van der Waals surface area contributed by atoms with Gasteiger partial charge in [-0.3, -0.25) is 0 Å². The fourth-order valence-electron chi connectivity index (χ4n) is 1.86. The number of aromatic nitrogens is 2. The molecular formula is C15H19FN4. The van der Waals surface area contributed by atoms with E-state index in [4.69, 9.17) is 5.84 Å². The number of aryl methyl sites for hydroxylation is 1. The van der Waals surface area contributed by atoms with E-state index in [0.717, 1.165) is 11.3 Å². The van der Waals surface area contributed by atoms with Crippen LogP contribution in [0.5, 0.6) is 0 Å². The maximum absolute atomic E-state index is 13.5. The van der Waals surface area contributed by atoms with Crippen molar-refractivity contribution in [3.05, 3.63) is 41.3 Å². The molecule has 0 spiro atoms. The van der Waals surface area contributed by atoms with Gasteiger partial charge in [-0.1, -0.05) is 26.8 Å².